The molecule has 36 heavy (non-hydrogen) atoms. The van der Waals surface area contributed by atoms with E-state index in [-0.39, 0.29) is 24.0 Å². The van der Waals surface area contributed by atoms with Crippen LogP contribution in [0, 0.1) is 0 Å². The van der Waals surface area contributed by atoms with Crippen LogP contribution in [0.5, 0.6) is 5.75 Å². The number of anilines is 1. The van der Waals surface area contributed by atoms with Gasteiger partial charge in [-0.2, -0.15) is 0 Å². The molecule has 1 unspecified atom stereocenters. The van der Waals surface area contributed by atoms with E-state index in [1.54, 1.807) is 42.7 Å². The van der Waals surface area contributed by atoms with Gasteiger partial charge < -0.3 is 15.0 Å². The Hall–Kier alpha value is -3.42. The highest BCUT2D eigenvalue weighted by atomic mass is 35.5. The molecule has 0 aliphatic carbocycles. The first-order chi connectivity index (χ1) is 17.3. The minimum Gasteiger partial charge on any atom is -0.486 e. The molecule has 188 valence electrons. The van der Waals surface area contributed by atoms with Crippen LogP contribution in [0.3, 0.4) is 0 Å². The number of likely N-dealkylation sites (N-methyl/N-ethyl adjacent to an activating group) is 1. The van der Waals surface area contributed by atoms with E-state index in [0.29, 0.717) is 47.1 Å². The second-order valence-corrected chi connectivity index (χ2v) is 9.75. The number of para-hydroxylation sites is 1. The van der Waals surface area contributed by atoms with Gasteiger partial charge in [0.2, 0.25) is 0 Å². The standard InChI is InChI=1S/C28H31ClN4O3/c1-19(2)33-16-13-23(18-32(3)17-20-7-9-22(29)10-8-20)36-26-24(28(33)35)5-4-6-25(26)31-27(34)21-11-14-30-15-12-21/h4-12,14-15,19,23H,13,16-18H2,1-3H3,(H,31,34). The molecule has 2 amide bonds. The lowest BCUT2D eigenvalue weighted by molar-refractivity contribution is 0.0595. The molecule has 1 aliphatic rings. The van der Waals surface area contributed by atoms with Crippen molar-refractivity contribution in [3.05, 3.63) is 88.7 Å². The van der Waals surface area contributed by atoms with E-state index in [1.165, 1.54) is 0 Å². The number of rotatable bonds is 7. The molecule has 1 N–H and O–H groups in total. The van der Waals surface area contributed by atoms with Crippen molar-refractivity contribution < 1.29 is 14.3 Å². The molecule has 2 heterocycles. The number of fused-ring (bicyclic) bond motifs is 1. The van der Waals surface area contributed by atoms with E-state index in [9.17, 15) is 9.59 Å². The topological polar surface area (TPSA) is 74.8 Å². The molecule has 4 rings (SSSR count). The average molecular weight is 507 g/mol. The van der Waals surface area contributed by atoms with Crippen molar-refractivity contribution in [1.82, 2.24) is 14.8 Å². The SMILES string of the molecule is CC(C)N1CCC(CN(C)Cc2ccc(Cl)cc2)Oc2c(NC(=O)c3ccncc3)cccc2C1=O. The lowest BCUT2D eigenvalue weighted by Gasteiger charge is -2.34. The Morgan fingerprint density at radius 2 is 1.89 bits per heavy atom. The van der Waals surface area contributed by atoms with Gasteiger partial charge in [0, 0.05) is 55.1 Å². The third kappa shape index (κ3) is 6.22. The van der Waals surface area contributed by atoms with E-state index < -0.39 is 0 Å². The number of aromatic nitrogens is 1. The van der Waals surface area contributed by atoms with Crippen molar-refractivity contribution in [2.75, 3.05) is 25.5 Å². The fourth-order valence-corrected chi connectivity index (χ4v) is 4.45. The Morgan fingerprint density at radius 1 is 1.17 bits per heavy atom. The molecule has 0 radical (unpaired) electrons. The highest BCUT2D eigenvalue weighted by Gasteiger charge is 2.30. The Bertz CT molecular complexity index is 1200. The quantitative estimate of drug-likeness (QED) is 0.481. The number of ether oxygens (including phenoxy) is 1. The highest BCUT2D eigenvalue weighted by Crippen LogP contribution is 2.34. The zero-order valence-electron chi connectivity index (χ0n) is 20.8. The molecule has 3 aromatic rings. The summed E-state index contributed by atoms with van der Waals surface area (Å²) in [7, 11) is 2.04. The number of hydrogen-bond acceptors (Lipinski definition) is 5. The Labute approximate surface area is 217 Å². The molecule has 2 aromatic carbocycles. The Kier molecular flexibility index (Phi) is 8.23. The van der Waals surface area contributed by atoms with Crippen LogP contribution in [-0.2, 0) is 6.54 Å². The van der Waals surface area contributed by atoms with Crippen LogP contribution in [0.15, 0.2) is 67.0 Å². The molecular formula is C28H31ClN4O3. The minimum absolute atomic E-state index is 0.0333. The van der Waals surface area contributed by atoms with Gasteiger partial charge in [-0.25, -0.2) is 0 Å². The molecule has 0 fully saturated rings. The van der Waals surface area contributed by atoms with Crippen LogP contribution in [-0.4, -0.2) is 58.9 Å². The molecular weight excluding hydrogens is 476 g/mol. The number of carbonyl (C=O) groups excluding carboxylic acids is 2. The first-order valence-electron chi connectivity index (χ1n) is 12.1. The third-order valence-corrected chi connectivity index (χ3v) is 6.43. The number of halogens is 1. The van der Waals surface area contributed by atoms with Crippen molar-refractivity contribution in [1.29, 1.82) is 0 Å². The Balaban J connectivity index is 1.60. The smallest absolute Gasteiger partial charge is 0.257 e. The van der Waals surface area contributed by atoms with Crippen molar-refractivity contribution in [2.24, 2.45) is 0 Å². The molecule has 1 atom stereocenters. The fraction of sp³-hybridized carbons (Fsp3) is 0.321. The maximum Gasteiger partial charge on any atom is 0.257 e. The third-order valence-electron chi connectivity index (χ3n) is 6.18. The molecule has 7 nitrogen and oxygen atoms in total. The summed E-state index contributed by atoms with van der Waals surface area (Å²) in [5, 5.41) is 3.64. The Morgan fingerprint density at radius 3 is 2.58 bits per heavy atom. The molecule has 0 saturated heterocycles. The first kappa shape index (κ1) is 25.7. The predicted molar refractivity (Wildman–Crippen MR) is 142 cm³/mol. The molecule has 0 spiro atoms. The van der Waals surface area contributed by atoms with Gasteiger partial charge in [-0.15, -0.1) is 0 Å². The number of amides is 2. The van der Waals surface area contributed by atoms with Crippen molar-refractivity contribution >= 4 is 29.1 Å². The van der Waals surface area contributed by atoms with Crippen molar-refractivity contribution in [3.63, 3.8) is 0 Å². The van der Waals surface area contributed by atoms with E-state index in [4.69, 9.17) is 16.3 Å². The normalized spacial score (nSPS) is 15.8. The summed E-state index contributed by atoms with van der Waals surface area (Å²) in [5.74, 6) is 0.00848. The van der Waals surface area contributed by atoms with Gasteiger partial charge in [0.1, 0.15) is 6.10 Å². The van der Waals surface area contributed by atoms with Gasteiger partial charge in [0.15, 0.2) is 5.75 Å². The second kappa shape index (κ2) is 11.5. The number of hydrogen-bond donors (Lipinski definition) is 1. The summed E-state index contributed by atoms with van der Waals surface area (Å²) in [4.78, 5) is 34.3. The summed E-state index contributed by atoms with van der Waals surface area (Å²) >= 11 is 6.03. The predicted octanol–water partition coefficient (Wildman–Crippen LogP) is 5.12. The monoisotopic (exact) mass is 506 g/mol. The molecule has 0 saturated carbocycles. The lowest BCUT2D eigenvalue weighted by Crippen LogP contribution is -2.44. The zero-order valence-corrected chi connectivity index (χ0v) is 21.5. The van der Waals surface area contributed by atoms with E-state index >= 15 is 0 Å². The van der Waals surface area contributed by atoms with Crippen LogP contribution in [0.25, 0.3) is 0 Å². The molecule has 1 aliphatic heterocycles. The molecule has 8 heteroatoms. The molecule has 1 aromatic heterocycles. The van der Waals surface area contributed by atoms with E-state index in [1.807, 2.05) is 50.1 Å². The minimum atomic E-state index is -0.291. The summed E-state index contributed by atoms with van der Waals surface area (Å²) in [5.41, 5.74) is 2.54. The van der Waals surface area contributed by atoms with Gasteiger partial charge in [0.05, 0.1) is 11.3 Å². The maximum absolute atomic E-state index is 13.4. The number of carbonyl (C=O) groups is 2. The van der Waals surface area contributed by atoms with Gasteiger partial charge in [-0.1, -0.05) is 29.8 Å². The average Bonchev–Trinajstić information content (AvgIpc) is 2.85. The zero-order chi connectivity index (χ0) is 25.7. The number of nitrogens with zero attached hydrogens (tertiary/aromatic N) is 3. The fourth-order valence-electron chi connectivity index (χ4n) is 4.33. The van der Waals surface area contributed by atoms with Crippen LogP contribution >= 0.6 is 11.6 Å². The van der Waals surface area contributed by atoms with E-state index in [0.717, 1.165) is 12.1 Å². The summed E-state index contributed by atoms with van der Waals surface area (Å²) in [6, 6.07) is 16.4. The lowest BCUT2D eigenvalue weighted by atomic mass is 10.1. The number of pyridine rings is 1. The van der Waals surface area contributed by atoms with Crippen LogP contribution in [0.4, 0.5) is 5.69 Å². The van der Waals surface area contributed by atoms with Gasteiger partial charge in [-0.05, 0) is 62.9 Å². The van der Waals surface area contributed by atoms with Crippen molar-refractivity contribution in [2.45, 2.75) is 39.0 Å². The van der Waals surface area contributed by atoms with Gasteiger partial charge in [-0.3, -0.25) is 19.5 Å². The van der Waals surface area contributed by atoms with Gasteiger partial charge in [0.25, 0.3) is 11.8 Å². The van der Waals surface area contributed by atoms with Gasteiger partial charge >= 0.3 is 0 Å². The van der Waals surface area contributed by atoms with Crippen LogP contribution in [0.1, 0.15) is 46.5 Å². The maximum atomic E-state index is 13.4. The van der Waals surface area contributed by atoms with Crippen LogP contribution in [0.2, 0.25) is 5.02 Å². The first-order valence-corrected chi connectivity index (χ1v) is 12.4. The largest absolute Gasteiger partial charge is 0.486 e. The van der Waals surface area contributed by atoms with Crippen LogP contribution < -0.4 is 10.1 Å². The summed E-state index contributed by atoms with van der Waals surface area (Å²) in [6.07, 6.45) is 3.62. The van der Waals surface area contributed by atoms with Crippen molar-refractivity contribution in [3.8, 4) is 5.75 Å². The highest BCUT2D eigenvalue weighted by molar-refractivity contribution is 6.30. The summed E-state index contributed by atoms with van der Waals surface area (Å²) < 4.78 is 6.49. The second-order valence-electron chi connectivity index (χ2n) is 9.32. The number of benzene rings is 2. The summed E-state index contributed by atoms with van der Waals surface area (Å²) in [6.45, 7) is 5.99. The van der Waals surface area contributed by atoms with E-state index in [2.05, 4.69) is 15.2 Å². The number of nitrogens with one attached hydrogen (secondary N) is 1. The molecule has 0 bridgehead atoms.